The largest absolute Gasteiger partial charge is 0.348 e. The monoisotopic (exact) mass is 258 g/mol. The lowest BCUT2D eigenvalue weighted by Gasteiger charge is -2.26. The van der Waals surface area contributed by atoms with Gasteiger partial charge in [-0.25, -0.2) is 4.98 Å². The van der Waals surface area contributed by atoms with Crippen molar-refractivity contribution in [3.8, 4) is 0 Å². The molecule has 0 unspecified atom stereocenters. The Balaban J connectivity index is 0.00000144. The van der Waals surface area contributed by atoms with Crippen LogP contribution in [0, 0.1) is 0 Å². The van der Waals surface area contributed by atoms with Crippen LogP contribution in [0.2, 0.25) is 0 Å². The summed E-state index contributed by atoms with van der Waals surface area (Å²) in [5, 5.41) is 3.42. The molecule has 0 aliphatic heterocycles. The number of imidazole rings is 1. The van der Waals surface area contributed by atoms with Crippen molar-refractivity contribution >= 4 is 12.4 Å². The molecule has 0 aromatic carbocycles. The SMILES string of the molecule is CC(C)N(CCNCc1ncc[nH]1)C1CC1.Cl. The molecule has 0 amide bonds. The molecule has 1 heterocycles. The number of hydrogen-bond acceptors (Lipinski definition) is 3. The van der Waals surface area contributed by atoms with Crippen LogP contribution < -0.4 is 5.32 Å². The fourth-order valence-electron chi connectivity index (χ4n) is 2.08. The molecule has 0 spiro atoms. The second-order valence-corrected chi connectivity index (χ2v) is 4.78. The fourth-order valence-corrected chi connectivity index (χ4v) is 2.08. The Morgan fingerprint density at radius 3 is 2.82 bits per heavy atom. The third-order valence-electron chi connectivity index (χ3n) is 3.07. The Hall–Kier alpha value is -0.580. The van der Waals surface area contributed by atoms with E-state index in [1.807, 2.05) is 6.20 Å². The summed E-state index contributed by atoms with van der Waals surface area (Å²) in [4.78, 5) is 9.87. The van der Waals surface area contributed by atoms with E-state index in [9.17, 15) is 0 Å². The summed E-state index contributed by atoms with van der Waals surface area (Å²) in [6.07, 6.45) is 6.43. The van der Waals surface area contributed by atoms with Gasteiger partial charge in [0, 0.05) is 37.6 Å². The molecule has 98 valence electrons. The maximum absolute atomic E-state index is 4.18. The van der Waals surface area contributed by atoms with Gasteiger partial charge in [0.15, 0.2) is 0 Å². The van der Waals surface area contributed by atoms with E-state index in [4.69, 9.17) is 0 Å². The van der Waals surface area contributed by atoms with Crippen molar-refractivity contribution in [2.24, 2.45) is 0 Å². The van der Waals surface area contributed by atoms with E-state index in [-0.39, 0.29) is 12.4 Å². The first kappa shape index (κ1) is 14.5. The highest BCUT2D eigenvalue weighted by Gasteiger charge is 2.29. The molecule has 1 aromatic rings. The minimum Gasteiger partial charge on any atom is -0.348 e. The van der Waals surface area contributed by atoms with Gasteiger partial charge in [-0.2, -0.15) is 0 Å². The molecule has 1 fully saturated rings. The van der Waals surface area contributed by atoms with Crippen molar-refractivity contribution in [1.29, 1.82) is 0 Å². The summed E-state index contributed by atoms with van der Waals surface area (Å²) in [5.74, 6) is 1.02. The number of rotatable bonds is 7. The molecule has 0 bridgehead atoms. The lowest BCUT2D eigenvalue weighted by atomic mass is 10.3. The van der Waals surface area contributed by atoms with Crippen LogP contribution in [0.1, 0.15) is 32.5 Å². The van der Waals surface area contributed by atoms with Gasteiger partial charge in [0.2, 0.25) is 0 Å². The van der Waals surface area contributed by atoms with Gasteiger partial charge in [-0.3, -0.25) is 4.90 Å². The molecule has 1 aliphatic rings. The van der Waals surface area contributed by atoms with Gasteiger partial charge >= 0.3 is 0 Å². The molecular weight excluding hydrogens is 236 g/mol. The van der Waals surface area contributed by atoms with E-state index in [0.29, 0.717) is 6.04 Å². The van der Waals surface area contributed by atoms with E-state index in [1.165, 1.54) is 12.8 Å². The molecule has 1 aliphatic carbocycles. The summed E-state index contributed by atoms with van der Waals surface area (Å²) < 4.78 is 0. The molecule has 2 N–H and O–H groups in total. The average molecular weight is 259 g/mol. The zero-order chi connectivity index (χ0) is 11.4. The second-order valence-electron chi connectivity index (χ2n) is 4.78. The molecular formula is C12H23ClN4. The van der Waals surface area contributed by atoms with E-state index in [0.717, 1.165) is 31.5 Å². The quantitative estimate of drug-likeness (QED) is 0.733. The molecule has 4 nitrogen and oxygen atoms in total. The first-order valence-electron chi connectivity index (χ1n) is 6.22. The van der Waals surface area contributed by atoms with Gasteiger partial charge in [-0.05, 0) is 26.7 Å². The third-order valence-corrected chi connectivity index (χ3v) is 3.07. The van der Waals surface area contributed by atoms with Crippen LogP contribution in [0.5, 0.6) is 0 Å². The zero-order valence-electron chi connectivity index (χ0n) is 10.6. The minimum absolute atomic E-state index is 0. The lowest BCUT2D eigenvalue weighted by molar-refractivity contribution is 0.211. The zero-order valence-corrected chi connectivity index (χ0v) is 11.5. The van der Waals surface area contributed by atoms with Crippen LogP contribution in [-0.2, 0) is 6.54 Å². The minimum atomic E-state index is 0. The van der Waals surface area contributed by atoms with Gasteiger partial charge in [0.25, 0.3) is 0 Å². The molecule has 2 rings (SSSR count). The molecule has 0 atom stereocenters. The molecule has 1 aromatic heterocycles. The molecule has 5 heteroatoms. The normalized spacial score (nSPS) is 15.3. The van der Waals surface area contributed by atoms with Crippen LogP contribution in [-0.4, -0.2) is 40.0 Å². The number of hydrogen-bond donors (Lipinski definition) is 2. The third kappa shape index (κ3) is 4.66. The molecule has 0 saturated heterocycles. The summed E-state index contributed by atoms with van der Waals surface area (Å²) in [6.45, 7) is 7.58. The first-order chi connectivity index (χ1) is 7.77. The summed E-state index contributed by atoms with van der Waals surface area (Å²) >= 11 is 0. The van der Waals surface area contributed by atoms with Crippen molar-refractivity contribution < 1.29 is 0 Å². The first-order valence-corrected chi connectivity index (χ1v) is 6.22. The smallest absolute Gasteiger partial charge is 0.120 e. The number of nitrogens with one attached hydrogen (secondary N) is 2. The number of aromatic nitrogens is 2. The van der Waals surface area contributed by atoms with Gasteiger partial charge in [0.05, 0.1) is 6.54 Å². The Morgan fingerprint density at radius 2 is 2.29 bits per heavy atom. The van der Waals surface area contributed by atoms with E-state index >= 15 is 0 Å². The molecule has 1 saturated carbocycles. The van der Waals surface area contributed by atoms with Crippen LogP contribution in [0.15, 0.2) is 12.4 Å². The van der Waals surface area contributed by atoms with Crippen molar-refractivity contribution in [3.63, 3.8) is 0 Å². The van der Waals surface area contributed by atoms with Crippen LogP contribution in [0.25, 0.3) is 0 Å². The topological polar surface area (TPSA) is 44.0 Å². The van der Waals surface area contributed by atoms with Crippen LogP contribution in [0.3, 0.4) is 0 Å². The maximum Gasteiger partial charge on any atom is 0.120 e. The summed E-state index contributed by atoms with van der Waals surface area (Å²) in [5.41, 5.74) is 0. The van der Waals surface area contributed by atoms with E-state index < -0.39 is 0 Å². The van der Waals surface area contributed by atoms with E-state index in [1.54, 1.807) is 6.20 Å². The second kappa shape index (κ2) is 6.99. The highest BCUT2D eigenvalue weighted by Crippen LogP contribution is 2.27. The van der Waals surface area contributed by atoms with E-state index in [2.05, 4.69) is 34.0 Å². The Labute approximate surface area is 110 Å². The van der Waals surface area contributed by atoms with Crippen LogP contribution in [0.4, 0.5) is 0 Å². The number of H-pyrrole nitrogens is 1. The van der Waals surface area contributed by atoms with Crippen molar-refractivity contribution in [1.82, 2.24) is 20.2 Å². The number of aromatic amines is 1. The Morgan fingerprint density at radius 1 is 1.53 bits per heavy atom. The predicted molar refractivity (Wildman–Crippen MR) is 72.4 cm³/mol. The average Bonchev–Trinajstić information content (AvgIpc) is 2.94. The van der Waals surface area contributed by atoms with Gasteiger partial charge in [-0.1, -0.05) is 0 Å². The molecule has 17 heavy (non-hydrogen) atoms. The number of nitrogens with zero attached hydrogens (tertiary/aromatic N) is 2. The highest BCUT2D eigenvalue weighted by molar-refractivity contribution is 5.85. The predicted octanol–water partition coefficient (Wildman–Crippen LogP) is 1.79. The van der Waals surface area contributed by atoms with Gasteiger partial charge in [0.1, 0.15) is 5.82 Å². The summed E-state index contributed by atoms with van der Waals surface area (Å²) in [6, 6.07) is 1.52. The van der Waals surface area contributed by atoms with Crippen LogP contribution >= 0.6 is 12.4 Å². The standard InChI is InChI=1S/C12H22N4.ClH/c1-10(2)16(11-3-4-11)8-7-13-9-12-14-5-6-15-12;/h5-6,10-11,13H,3-4,7-9H2,1-2H3,(H,14,15);1H. The summed E-state index contributed by atoms with van der Waals surface area (Å²) in [7, 11) is 0. The Kier molecular flexibility index (Phi) is 5.95. The van der Waals surface area contributed by atoms with Crippen molar-refractivity contribution in [2.45, 2.75) is 45.3 Å². The number of halogens is 1. The maximum atomic E-state index is 4.18. The molecule has 0 radical (unpaired) electrons. The lowest BCUT2D eigenvalue weighted by Crippen LogP contribution is -2.38. The van der Waals surface area contributed by atoms with Gasteiger partial charge in [-0.15, -0.1) is 12.4 Å². The Bertz CT molecular complexity index is 293. The fraction of sp³-hybridized carbons (Fsp3) is 0.750. The highest BCUT2D eigenvalue weighted by atomic mass is 35.5. The van der Waals surface area contributed by atoms with Crippen molar-refractivity contribution in [3.05, 3.63) is 18.2 Å². The van der Waals surface area contributed by atoms with Gasteiger partial charge < -0.3 is 10.3 Å². The van der Waals surface area contributed by atoms with Crippen molar-refractivity contribution in [2.75, 3.05) is 13.1 Å².